The van der Waals surface area contributed by atoms with Gasteiger partial charge in [-0.2, -0.15) is 5.10 Å². The predicted molar refractivity (Wildman–Crippen MR) is 133 cm³/mol. The largest absolute Gasteiger partial charge is 0.326 e. The zero-order valence-electron chi connectivity index (χ0n) is 19.7. The molecule has 0 bridgehead atoms. The van der Waals surface area contributed by atoms with Gasteiger partial charge in [-0.15, -0.1) is 10.2 Å². The highest BCUT2D eigenvalue weighted by Crippen LogP contribution is 2.28. The van der Waals surface area contributed by atoms with Gasteiger partial charge in [-0.05, 0) is 56.5 Å². The molecule has 2 N–H and O–H groups in total. The van der Waals surface area contributed by atoms with Crippen molar-refractivity contribution in [1.29, 1.82) is 0 Å². The van der Waals surface area contributed by atoms with E-state index in [0.29, 0.717) is 0 Å². The van der Waals surface area contributed by atoms with E-state index in [1.165, 1.54) is 5.56 Å². The van der Waals surface area contributed by atoms with Crippen LogP contribution in [0.25, 0.3) is 33.8 Å². The van der Waals surface area contributed by atoms with E-state index in [-0.39, 0.29) is 12.1 Å². The standard InChI is InChI=1S/C26H28N8/c1-16-12-28-34(13-16)23-8-5-19-4-7-22(29-25(19)17(23)2)26-31-30-24-9-6-20(14-33(24)26)18(3)32-11-10-21(27)15-32/h4-9,12-14,18,21H,10-11,15,27H2,1-3H3/t18-,21-/m0/s1. The van der Waals surface area contributed by atoms with Gasteiger partial charge in [0, 0.05) is 48.5 Å². The number of aryl methyl sites for hydroxylation is 2. The van der Waals surface area contributed by atoms with Gasteiger partial charge in [-0.1, -0.05) is 18.2 Å². The number of rotatable bonds is 4. The van der Waals surface area contributed by atoms with E-state index < -0.39 is 0 Å². The fraction of sp³-hybridized carbons (Fsp3) is 0.308. The van der Waals surface area contributed by atoms with Crippen molar-refractivity contribution >= 4 is 16.6 Å². The van der Waals surface area contributed by atoms with Crippen molar-refractivity contribution < 1.29 is 0 Å². The fourth-order valence-electron chi connectivity index (χ4n) is 4.94. The summed E-state index contributed by atoms with van der Waals surface area (Å²) in [6.45, 7) is 8.32. The molecule has 172 valence electrons. The molecule has 0 spiro atoms. The van der Waals surface area contributed by atoms with Gasteiger partial charge in [0.15, 0.2) is 11.5 Å². The number of nitrogens with two attached hydrogens (primary N) is 1. The molecule has 34 heavy (non-hydrogen) atoms. The summed E-state index contributed by atoms with van der Waals surface area (Å²) in [5.41, 5.74) is 13.1. The van der Waals surface area contributed by atoms with Crippen molar-refractivity contribution in [3.63, 3.8) is 0 Å². The number of hydrogen-bond donors (Lipinski definition) is 1. The average Bonchev–Trinajstić information content (AvgIpc) is 3.58. The van der Waals surface area contributed by atoms with Crippen molar-refractivity contribution in [2.45, 2.75) is 39.3 Å². The van der Waals surface area contributed by atoms with Crippen molar-refractivity contribution in [2.75, 3.05) is 13.1 Å². The van der Waals surface area contributed by atoms with Crippen LogP contribution in [0, 0.1) is 13.8 Å². The van der Waals surface area contributed by atoms with Crippen molar-refractivity contribution in [2.24, 2.45) is 5.73 Å². The third kappa shape index (κ3) is 3.46. The van der Waals surface area contributed by atoms with Gasteiger partial charge in [0.05, 0.1) is 17.4 Å². The SMILES string of the molecule is Cc1cnn(-c2ccc3ccc(-c4nnc5ccc([C@H](C)N6CC[C@H](N)C6)cn45)nc3c2C)c1. The first-order valence-corrected chi connectivity index (χ1v) is 11.7. The molecule has 2 atom stereocenters. The molecule has 1 saturated heterocycles. The van der Waals surface area contributed by atoms with Crippen LogP contribution >= 0.6 is 0 Å². The molecule has 8 heteroatoms. The van der Waals surface area contributed by atoms with Gasteiger partial charge in [0.1, 0.15) is 5.69 Å². The second-order valence-electron chi connectivity index (χ2n) is 9.37. The topological polar surface area (TPSA) is 90.2 Å². The van der Waals surface area contributed by atoms with E-state index in [1.807, 2.05) is 40.5 Å². The van der Waals surface area contributed by atoms with Crippen LogP contribution in [0.3, 0.4) is 0 Å². The molecular weight excluding hydrogens is 424 g/mol. The maximum absolute atomic E-state index is 6.14. The smallest absolute Gasteiger partial charge is 0.187 e. The molecule has 5 heterocycles. The Morgan fingerprint density at radius 1 is 1.03 bits per heavy atom. The predicted octanol–water partition coefficient (Wildman–Crippen LogP) is 3.84. The highest BCUT2D eigenvalue weighted by atomic mass is 15.3. The summed E-state index contributed by atoms with van der Waals surface area (Å²) >= 11 is 0. The molecule has 1 aromatic carbocycles. The molecule has 6 rings (SSSR count). The van der Waals surface area contributed by atoms with Crippen LogP contribution in [-0.4, -0.2) is 53.4 Å². The average molecular weight is 453 g/mol. The lowest BCUT2D eigenvalue weighted by Crippen LogP contribution is -2.28. The second kappa shape index (κ2) is 8.00. The summed E-state index contributed by atoms with van der Waals surface area (Å²) in [5.74, 6) is 0.740. The lowest BCUT2D eigenvalue weighted by Gasteiger charge is -2.24. The van der Waals surface area contributed by atoms with Gasteiger partial charge in [-0.3, -0.25) is 9.30 Å². The molecule has 1 aliphatic rings. The molecule has 1 fully saturated rings. The maximum Gasteiger partial charge on any atom is 0.187 e. The Morgan fingerprint density at radius 2 is 1.88 bits per heavy atom. The second-order valence-corrected chi connectivity index (χ2v) is 9.37. The Labute approximate surface area is 198 Å². The number of benzene rings is 1. The molecular formula is C26H28N8. The number of pyridine rings is 2. The van der Waals surface area contributed by atoms with E-state index in [9.17, 15) is 0 Å². The molecule has 0 unspecified atom stereocenters. The molecule has 0 radical (unpaired) electrons. The lowest BCUT2D eigenvalue weighted by molar-refractivity contribution is 0.259. The van der Waals surface area contributed by atoms with Crippen LogP contribution in [0.1, 0.15) is 36.1 Å². The van der Waals surface area contributed by atoms with Crippen molar-refractivity contribution in [1.82, 2.24) is 34.3 Å². The summed E-state index contributed by atoms with van der Waals surface area (Å²) in [6.07, 6.45) is 7.08. The normalized spacial score (nSPS) is 17.7. The number of likely N-dealkylation sites (tertiary alicyclic amines) is 1. The van der Waals surface area contributed by atoms with Crippen molar-refractivity contribution in [3.05, 3.63) is 71.7 Å². The highest BCUT2D eigenvalue weighted by Gasteiger charge is 2.25. The Balaban J connectivity index is 1.43. The molecule has 1 aliphatic heterocycles. The number of nitrogens with zero attached hydrogens (tertiary/aromatic N) is 7. The highest BCUT2D eigenvalue weighted by molar-refractivity contribution is 5.86. The number of fused-ring (bicyclic) bond motifs is 2. The van der Waals surface area contributed by atoms with Gasteiger partial charge in [0.25, 0.3) is 0 Å². The van der Waals surface area contributed by atoms with Crippen LogP contribution < -0.4 is 5.73 Å². The summed E-state index contributed by atoms with van der Waals surface area (Å²) in [5, 5.41) is 14.5. The van der Waals surface area contributed by atoms with E-state index in [2.05, 4.69) is 64.5 Å². The summed E-state index contributed by atoms with van der Waals surface area (Å²) < 4.78 is 3.95. The van der Waals surface area contributed by atoms with Gasteiger partial charge in [-0.25, -0.2) is 9.67 Å². The van der Waals surface area contributed by atoms with E-state index in [1.54, 1.807) is 0 Å². The number of aromatic nitrogens is 6. The minimum atomic E-state index is 0.261. The Kier molecular flexibility index (Phi) is 4.93. The lowest BCUT2D eigenvalue weighted by atomic mass is 10.1. The van der Waals surface area contributed by atoms with Gasteiger partial charge in [0.2, 0.25) is 0 Å². The van der Waals surface area contributed by atoms with Crippen LogP contribution in [-0.2, 0) is 0 Å². The Morgan fingerprint density at radius 3 is 2.65 bits per heavy atom. The minimum absolute atomic E-state index is 0.261. The molecule has 4 aromatic heterocycles. The minimum Gasteiger partial charge on any atom is -0.326 e. The van der Waals surface area contributed by atoms with Crippen LogP contribution in [0.4, 0.5) is 0 Å². The summed E-state index contributed by atoms with van der Waals surface area (Å²) in [7, 11) is 0. The monoisotopic (exact) mass is 452 g/mol. The third-order valence-electron chi connectivity index (χ3n) is 6.99. The van der Waals surface area contributed by atoms with E-state index in [4.69, 9.17) is 10.7 Å². The zero-order valence-corrected chi connectivity index (χ0v) is 19.7. The maximum atomic E-state index is 6.14. The van der Waals surface area contributed by atoms with Crippen LogP contribution in [0.15, 0.2) is 55.0 Å². The first kappa shape index (κ1) is 20.9. The van der Waals surface area contributed by atoms with Crippen molar-refractivity contribution in [3.8, 4) is 17.2 Å². The fourth-order valence-corrected chi connectivity index (χ4v) is 4.94. The van der Waals surface area contributed by atoms with E-state index >= 15 is 0 Å². The molecule has 8 nitrogen and oxygen atoms in total. The number of hydrogen-bond acceptors (Lipinski definition) is 6. The Bertz CT molecular complexity index is 1510. The first-order valence-electron chi connectivity index (χ1n) is 11.7. The quantitative estimate of drug-likeness (QED) is 0.446. The van der Waals surface area contributed by atoms with Crippen LogP contribution in [0.5, 0.6) is 0 Å². The third-order valence-corrected chi connectivity index (χ3v) is 6.99. The molecule has 0 aliphatic carbocycles. The molecule has 0 amide bonds. The Hall–Kier alpha value is -3.62. The van der Waals surface area contributed by atoms with Gasteiger partial charge < -0.3 is 5.73 Å². The molecule has 0 saturated carbocycles. The first-order chi connectivity index (χ1) is 16.5. The zero-order chi connectivity index (χ0) is 23.4. The summed E-state index contributed by atoms with van der Waals surface area (Å²) in [4.78, 5) is 7.47. The molecule has 5 aromatic rings. The summed E-state index contributed by atoms with van der Waals surface area (Å²) in [6, 6.07) is 13.0. The van der Waals surface area contributed by atoms with Gasteiger partial charge >= 0.3 is 0 Å². The van der Waals surface area contributed by atoms with E-state index in [0.717, 1.165) is 64.4 Å². The van der Waals surface area contributed by atoms with Crippen LogP contribution in [0.2, 0.25) is 0 Å².